The molecule has 0 bridgehead atoms. The van der Waals surface area contributed by atoms with Gasteiger partial charge >= 0.3 is 0 Å². The van der Waals surface area contributed by atoms with E-state index in [1.54, 1.807) is 6.07 Å². The summed E-state index contributed by atoms with van der Waals surface area (Å²) in [6, 6.07) is 5.56. The van der Waals surface area contributed by atoms with Gasteiger partial charge in [-0.2, -0.15) is 0 Å². The number of rotatable bonds is 3. The lowest BCUT2D eigenvalue weighted by Gasteiger charge is -2.41. The molecule has 1 fully saturated rings. The molecule has 2 N–H and O–H groups in total. The second-order valence-electron chi connectivity index (χ2n) is 5.05. The Labute approximate surface area is 108 Å². The highest BCUT2D eigenvalue weighted by atomic mass is 32.2. The molecule has 0 heterocycles. The summed E-state index contributed by atoms with van der Waals surface area (Å²) in [5.74, 6) is 1.25. The van der Waals surface area contributed by atoms with Gasteiger partial charge in [0.15, 0.2) is 9.84 Å². The normalized spacial score (nSPS) is 27.7. The Hall–Kier alpha value is -1.07. The fourth-order valence-corrected chi connectivity index (χ4v) is 3.31. The van der Waals surface area contributed by atoms with Crippen molar-refractivity contribution < 1.29 is 13.2 Å². The highest BCUT2D eigenvalue weighted by Crippen LogP contribution is 2.42. The largest absolute Gasteiger partial charge is 0.495 e. The van der Waals surface area contributed by atoms with Crippen LogP contribution in [-0.2, 0) is 9.84 Å². The van der Waals surface area contributed by atoms with Gasteiger partial charge in [0.2, 0.25) is 0 Å². The highest BCUT2D eigenvalue weighted by Gasteiger charge is 2.36. The third-order valence-electron chi connectivity index (χ3n) is 3.85. The number of benzene rings is 1. The van der Waals surface area contributed by atoms with Gasteiger partial charge in [0.05, 0.1) is 7.11 Å². The van der Waals surface area contributed by atoms with Crippen LogP contribution >= 0.6 is 0 Å². The average Bonchev–Trinajstić information content (AvgIpc) is 2.33. The van der Waals surface area contributed by atoms with Crippen LogP contribution in [0.15, 0.2) is 23.1 Å². The van der Waals surface area contributed by atoms with Gasteiger partial charge in [0, 0.05) is 12.3 Å². The highest BCUT2D eigenvalue weighted by molar-refractivity contribution is 7.90. The van der Waals surface area contributed by atoms with Crippen LogP contribution in [0.25, 0.3) is 0 Å². The topological polar surface area (TPSA) is 69.4 Å². The standard InChI is InChI=1S/C13H19NO3S/c1-8-10(7-11(8)14)9-4-5-13(18(3,15)16)12(6-9)17-2/h4-6,8,10-11H,7,14H2,1-3H3. The van der Waals surface area contributed by atoms with Crippen molar-refractivity contribution in [2.75, 3.05) is 13.4 Å². The van der Waals surface area contributed by atoms with E-state index in [0.29, 0.717) is 17.6 Å². The summed E-state index contributed by atoms with van der Waals surface area (Å²) < 4.78 is 28.4. The molecular formula is C13H19NO3S. The molecule has 18 heavy (non-hydrogen) atoms. The zero-order valence-corrected chi connectivity index (χ0v) is 11.7. The summed E-state index contributed by atoms with van der Waals surface area (Å²) in [7, 11) is -1.76. The van der Waals surface area contributed by atoms with Crippen molar-refractivity contribution in [1.82, 2.24) is 0 Å². The molecule has 1 aliphatic carbocycles. The van der Waals surface area contributed by atoms with Gasteiger partial charge in [-0.05, 0) is 36.0 Å². The van der Waals surface area contributed by atoms with E-state index in [1.165, 1.54) is 13.4 Å². The molecule has 0 radical (unpaired) electrons. The van der Waals surface area contributed by atoms with Gasteiger partial charge in [-0.25, -0.2) is 8.42 Å². The number of sulfone groups is 1. The molecule has 4 nitrogen and oxygen atoms in total. The van der Waals surface area contributed by atoms with Crippen LogP contribution in [0.1, 0.15) is 24.8 Å². The lowest BCUT2D eigenvalue weighted by molar-refractivity contribution is 0.226. The maximum absolute atomic E-state index is 11.6. The molecule has 0 saturated heterocycles. The van der Waals surface area contributed by atoms with Crippen molar-refractivity contribution in [1.29, 1.82) is 0 Å². The Morgan fingerprint density at radius 1 is 1.39 bits per heavy atom. The third kappa shape index (κ3) is 2.24. The summed E-state index contributed by atoms with van der Waals surface area (Å²) in [6.45, 7) is 2.12. The molecule has 3 unspecified atom stereocenters. The Bertz CT molecular complexity index is 553. The van der Waals surface area contributed by atoms with E-state index < -0.39 is 9.84 Å². The first kappa shape index (κ1) is 13.4. The van der Waals surface area contributed by atoms with Crippen LogP contribution in [0.4, 0.5) is 0 Å². The monoisotopic (exact) mass is 269 g/mol. The van der Waals surface area contributed by atoms with Crippen LogP contribution in [-0.4, -0.2) is 27.8 Å². The van der Waals surface area contributed by atoms with Crippen molar-refractivity contribution in [3.05, 3.63) is 23.8 Å². The Balaban J connectivity index is 2.37. The molecule has 1 aliphatic rings. The first-order chi connectivity index (χ1) is 8.34. The maximum atomic E-state index is 11.6. The minimum atomic E-state index is -3.25. The Morgan fingerprint density at radius 3 is 2.50 bits per heavy atom. The first-order valence-corrected chi connectivity index (χ1v) is 7.87. The molecule has 100 valence electrons. The summed E-state index contributed by atoms with van der Waals surface area (Å²) in [6.07, 6.45) is 2.13. The summed E-state index contributed by atoms with van der Waals surface area (Å²) in [5.41, 5.74) is 7.00. The fraction of sp³-hybridized carbons (Fsp3) is 0.538. The molecule has 3 atom stereocenters. The van der Waals surface area contributed by atoms with Crippen LogP contribution in [0.5, 0.6) is 5.75 Å². The number of nitrogens with two attached hydrogens (primary N) is 1. The van der Waals surface area contributed by atoms with Gasteiger partial charge in [0.1, 0.15) is 10.6 Å². The third-order valence-corrected chi connectivity index (χ3v) is 4.99. The fourth-order valence-electron chi connectivity index (χ4n) is 2.49. The molecule has 2 rings (SSSR count). The minimum Gasteiger partial charge on any atom is -0.495 e. The predicted octanol–water partition coefficient (Wildman–Crippen LogP) is 1.55. The van der Waals surface area contributed by atoms with Crippen molar-refractivity contribution in [3.8, 4) is 5.75 Å². The average molecular weight is 269 g/mol. The molecule has 0 spiro atoms. The molecule has 5 heteroatoms. The van der Waals surface area contributed by atoms with Gasteiger partial charge in [0.25, 0.3) is 0 Å². The first-order valence-electron chi connectivity index (χ1n) is 5.98. The summed E-state index contributed by atoms with van der Waals surface area (Å²) in [5, 5.41) is 0. The SMILES string of the molecule is COc1cc(C2CC(N)C2C)ccc1S(C)(=O)=O. The molecule has 0 aromatic heterocycles. The van der Waals surface area contributed by atoms with Gasteiger partial charge in [-0.3, -0.25) is 0 Å². The van der Waals surface area contributed by atoms with E-state index in [1.807, 2.05) is 12.1 Å². The minimum absolute atomic E-state index is 0.241. The zero-order valence-electron chi connectivity index (χ0n) is 10.9. The maximum Gasteiger partial charge on any atom is 0.179 e. The van der Waals surface area contributed by atoms with E-state index in [9.17, 15) is 8.42 Å². The molecule has 1 aromatic carbocycles. The van der Waals surface area contributed by atoms with Gasteiger partial charge in [-0.15, -0.1) is 0 Å². The summed E-state index contributed by atoms with van der Waals surface area (Å²) in [4.78, 5) is 0.241. The van der Waals surface area contributed by atoms with Crippen molar-refractivity contribution in [2.45, 2.75) is 30.2 Å². The van der Waals surface area contributed by atoms with Crippen LogP contribution in [0, 0.1) is 5.92 Å². The van der Waals surface area contributed by atoms with E-state index >= 15 is 0 Å². The predicted molar refractivity (Wildman–Crippen MR) is 70.6 cm³/mol. The quantitative estimate of drug-likeness (QED) is 0.904. The molecule has 0 aliphatic heterocycles. The number of hydrogen-bond donors (Lipinski definition) is 1. The summed E-state index contributed by atoms with van der Waals surface area (Å²) >= 11 is 0. The van der Waals surface area contributed by atoms with Crippen molar-refractivity contribution in [3.63, 3.8) is 0 Å². The number of ether oxygens (including phenoxy) is 1. The molecule has 1 aromatic rings. The van der Waals surface area contributed by atoms with Crippen LogP contribution in [0.3, 0.4) is 0 Å². The number of methoxy groups -OCH3 is 1. The van der Waals surface area contributed by atoms with E-state index in [0.717, 1.165) is 12.0 Å². The second-order valence-corrected chi connectivity index (χ2v) is 7.03. The Morgan fingerprint density at radius 2 is 2.06 bits per heavy atom. The molecular weight excluding hydrogens is 250 g/mol. The smallest absolute Gasteiger partial charge is 0.179 e. The van der Waals surface area contributed by atoms with Crippen molar-refractivity contribution >= 4 is 9.84 Å². The van der Waals surface area contributed by atoms with Crippen LogP contribution in [0.2, 0.25) is 0 Å². The van der Waals surface area contributed by atoms with Crippen molar-refractivity contribution in [2.24, 2.45) is 11.7 Å². The lowest BCUT2D eigenvalue weighted by atomic mass is 9.67. The van der Waals surface area contributed by atoms with Gasteiger partial charge < -0.3 is 10.5 Å². The number of hydrogen-bond acceptors (Lipinski definition) is 4. The van der Waals surface area contributed by atoms with E-state index in [4.69, 9.17) is 10.5 Å². The van der Waals surface area contributed by atoms with Crippen LogP contribution < -0.4 is 10.5 Å². The van der Waals surface area contributed by atoms with E-state index in [2.05, 4.69) is 6.92 Å². The Kier molecular flexibility index (Phi) is 3.38. The lowest BCUT2D eigenvalue weighted by Crippen LogP contribution is -2.44. The molecule has 1 saturated carbocycles. The second kappa shape index (κ2) is 4.55. The zero-order chi connectivity index (χ0) is 13.5. The van der Waals surface area contributed by atoms with E-state index in [-0.39, 0.29) is 10.9 Å². The van der Waals surface area contributed by atoms with Gasteiger partial charge in [-0.1, -0.05) is 13.0 Å². The molecule has 0 amide bonds.